The molecule has 0 fully saturated rings. The van der Waals surface area contributed by atoms with E-state index in [9.17, 15) is 4.79 Å². The predicted octanol–water partition coefficient (Wildman–Crippen LogP) is 6.10. The van der Waals surface area contributed by atoms with E-state index in [1.54, 1.807) is 6.07 Å². The molecule has 0 unspecified atom stereocenters. The molecule has 0 aliphatic heterocycles. The number of furan rings is 1. The van der Waals surface area contributed by atoms with Crippen LogP contribution in [0, 0.1) is 6.92 Å². The van der Waals surface area contributed by atoms with Crippen LogP contribution in [-0.2, 0) is 6.42 Å². The summed E-state index contributed by atoms with van der Waals surface area (Å²) in [6.45, 7) is 2.03. The van der Waals surface area contributed by atoms with E-state index in [1.807, 2.05) is 73.7 Å². The van der Waals surface area contributed by atoms with Crippen LogP contribution < -0.4 is 5.32 Å². The average molecular weight is 367 g/mol. The molecule has 1 heterocycles. The minimum Gasteiger partial charge on any atom is -0.451 e. The van der Waals surface area contributed by atoms with E-state index in [1.165, 1.54) is 5.56 Å². The summed E-state index contributed by atoms with van der Waals surface area (Å²) in [5, 5.41) is 2.93. The monoisotopic (exact) mass is 367 g/mol. The molecule has 0 aliphatic rings. The fourth-order valence-electron chi connectivity index (χ4n) is 3.20. The minimum atomic E-state index is -0.254. The molecule has 3 nitrogen and oxygen atoms in total. The van der Waals surface area contributed by atoms with Gasteiger partial charge in [0, 0.05) is 11.3 Å². The van der Waals surface area contributed by atoms with Crippen molar-refractivity contribution in [2.45, 2.75) is 13.3 Å². The van der Waals surface area contributed by atoms with E-state index in [4.69, 9.17) is 4.42 Å². The number of anilines is 1. The van der Waals surface area contributed by atoms with Crippen LogP contribution in [-0.4, -0.2) is 5.91 Å². The van der Waals surface area contributed by atoms with Crippen molar-refractivity contribution in [3.8, 4) is 11.3 Å². The highest BCUT2D eigenvalue weighted by atomic mass is 16.3. The van der Waals surface area contributed by atoms with Crippen LogP contribution in [0.15, 0.2) is 95.4 Å². The molecule has 0 atom stereocenters. The van der Waals surface area contributed by atoms with E-state index in [2.05, 4.69) is 23.5 Å². The highest BCUT2D eigenvalue weighted by Gasteiger charge is 2.13. The zero-order valence-electron chi connectivity index (χ0n) is 15.7. The van der Waals surface area contributed by atoms with E-state index in [-0.39, 0.29) is 5.91 Å². The summed E-state index contributed by atoms with van der Waals surface area (Å²) >= 11 is 0. The molecule has 0 radical (unpaired) electrons. The van der Waals surface area contributed by atoms with Crippen molar-refractivity contribution < 1.29 is 9.21 Å². The zero-order chi connectivity index (χ0) is 19.3. The maximum Gasteiger partial charge on any atom is 0.291 e. The van der Waals surface area contributed by atoms with Crippen LogP contribution >= 0.6 is 0 Å². The second-order valence-corrected chi connectivity index (χ2v) is 6.85. The summed E-state index contributed by atoms with van der Waals surface area (Å²) in [7, 11) is 0. The minimum absolute atomic E-state index is 0.254. The molecular formula is C25H21NO2. The van der Waals surface area contributed by atoms with Gasteiger partial charge in [-0.05, 0) is 54.8 Å². The van der Waals surface area contributed by atoms with Gasteiger partial charge in [0.2, 0.25) is 0 Å². The average Bonchev–Trinajstić information content (AvgIpc) is 3.20. The third kappa shape index (κ3) is 4.21. The van der Waals surface area contributed by atoms with Crippen LogP contribution in [0.5, 0.6) is 0 Å². The third-order valence-electron chi connectivity index (χ3n) is 4.57. The Morgan fingerprint density at radius 2 is 1.61 bits per heavy atom. The number of hydrogen-bond donors (Lipinski definition) is 1. The largest absolute Gasteiger partial charge is 0.451 e. The number of carbonyl (C=O) groups excluding carboxylic acids is 1. The molecule has 3 aromatic carbocycles. The molecule has 0 aliphatic carbocycles. The molecule has 3 heteroatoms. The highest BCUT2D eigenvalue weighted by Crippen LogP contribution is 2.24. The Bertz CT molecular complexity index is 1100. The van der Waals surface area contributed by atoms with E-state index >= 15 is 0 Å². The van der Waals surface area contributed by atoms with E-state index in [0.29, 0.717) is 11.5 Å². The lowest BCUT2D eigenvalue weighted by Crippen LogP contribution is -2.11. The summed E-state index contributed by atoms with van der Waals surface area (Å²) in [4.78, 5) is 12.6. The van der Waals surface area contributed by atoms with Crippen molar-refractivity contribution in [2.75, 3.05) is 5.32 Å². The quantitative estimate of drug-likeness (QED) is 0.463. The van der Waals surface area contributed by atoms with Gasteiger partial charge in [0.05, 0.1) is 0 Å². The molecule has 4 rings (SSSR count). The Balaban J connectivity index is 1.47. The first-order valence-electron chi connectivity index (χ1n) is 9.28. The first kappa shape index (κ1) is 17.8. The van der Waals surface area contributed by atoms with Crippen LogP contribution in [0.25, 0.3) is 11.3 Å². The number of amides is 1. The summed E-state index contributed by atoms with van der Waals surface area (Å²) < 4.78 is 5.77. The zero-order valence-corrected chi connectivity index (χ0v) is 15.7. The van der Waals surface area contributed by atoms with E-state index < -0.39 is 0 Å². The highest BCUT2D eigenvalue weighted by molar-refractivity contribution is 6.02. The van der Waals surface area contributed by atoms with Gasteiger partial charge in [-0.3, -0.25) is 4.79 Å². The Morgan fingerprint density at radius 1 is 0.821 bits per heavy atom. The number of nitrogens with one attached hydrogen (secondary N) is 1. The molecule has 0 saturated carbocycles. The number of rotatable bonds is 5. The van der Waals surface area contributed by atoms with Gasteiger partial charge in [0.1, 0.15) is 5.76 Å². The fraction of sp³-hybridized carbons (Fsp3) is 0.0800. The van der Waals surface area contributed by atoms with Crippen molar-refractivity contribution in [1.29, 1.82) is 0 Å². The number of benzene rings is 3. The van der Waals surface area contributed by atoms with Gasteiger partial charge in [-0.2, -0.15) is 0 Å². The van der Waals surface area contributed by atoms with Crippen molar-refractivity contribution >= 4 is 11.6 Å². The molecule has 0 spiro atoms. The molecular weight excluding hydrogens is 346 g/mol. The molecule has 4 aromatic rings. The molecule has 0 bridgehead atoms. The normalized spacial score (nSPS) is 10.6. The Labute approximate surface area is 164 Å². The second-order valence-electron chi connectivity index (χ2n) is 6.85. The van der Waals surface area contributed by atoms with Gasteiger partial charge < -0.3 is 9.73 Å². The summed E-state index contributed by atoms with van der Waals surface area (Å²) in [5.41, 5.74) is 5.25. The summed E-state index contributed by atoms with van der Waals surface area (Å²) in [6.07, 6.45) is 0.822. The molecule has 0 saturated heterocycles. The lowest BCUT2D eigenvalue weighted by molar-refractivity contribution is 0.0997. The number of aryl methyl sites for hydroxylation is 1. The van der Waals surface area contributed by atoms with Gasteiger partial charge in [-0.1, -0.05) is 66.2 Å². The van der Waals surface area contributed by atoms with Crippen molar-refractivity contribution in [1.82, 2.24) is 0 Å². The van der Waals surface area contributed by atoms with Gasteiger partial charge in [0.25, 0.3) is 5.91 Å². The lowest BCUT2D eigenvalue weighted by Gasteiger charge is -2.07. The Hall–Kier alpha value is -3.59. The van der Waals surface area contributed by atoms with Gasteiger partial charge >= 0.3 is 0 Å². The van der Waals surface area contributed by atoms with Crippen LogP contribution in [0.1, 0.15) is 27.2 Å². The first-order chi connectivity index (χ1) is 13.7. The lowest BCUT2D eigenvalue weighted by atomic mass is 10.0. The second kappa shape index (κ2) is 7.97. The topological polar surface area (TPSA) is 42.2 Å². The SMILES string of the molecule is Cc1cccc(-c2ccc(C(=O)Nc3cccc(Cc4ccccc4)c3)o2)c1. The van der Waals surface area contributed by atoms with Crippen molar-refractivity contribution in [3.63, 3.8) is 0 Å². The predicted molar refractivity (Wildman–Crippen MR) is 113 cm³/mol. The fourth-order valence-corrected chi connectivity index (χ4v) is 3.20. The van der Waals surface area contributed by atoms with Crippen molar-refractivity contribution in [2.24, 2.45) is 0 Å². The van der Waals surface area contributed by atoms with Crippen LogP contribution in [0.2, 0.25) is 0 Å². The van der Waals surface area contributed by atoms with Crippen LogP contribution in [0.4, 0.5) is 5.69 Å². The summed E-state index contributed by atoms with van der Waals surface area (Å²) in [5.74, 6) is 0.729. The molecule has 138 valence electrons. The number of carbonyl (C=O) groups is 1. The smallest absolute Gasteiger partial charge is 0.291 e. The standard InChI is InChI=1S/C25H21NO2/c1-18-7-5-11-21(15-18)23-13-14-24(28-23)25(27)26-22-12-6-10-20(17-22)16-19-8-3-2-4-9-19/h2-15,17H,16H2,1H3,(H,26,27). The Morgan fingerprint density at radius 3 is 2.43 bits per heavy atom. The van der Waals surface area contributed by atoms with E-state index in [0.717, 1.165) is 28.8 Å². The van der Waals surface area contributed by atoms with Crippen LogP contribution in [0.3, 0.4) is 0 Å². The maximum absolute atomic E-state index is 12.6. The maximum atomic E-state index is 12.6. The molecule has 1 amide bonds. The third-order valence-corrected chi connectivity index (χ3v) is 4.57. The molecule has 1 aromatic heterocycles. The first-order valence-corrected chi connectivity index (χ1v) is 9.28. The Kier molecular flexibility index (Phi) is 5.07. The molecule has 1 N–H and O–H groups in total. The number of hydrogen-bond acceptors (Lipinski definition) is 2. The van der Waals surface area contributed by atoms with Gasteiger partial charge in [-0.15, -0.1) is 0 Å². The summed E-state index contributed by atoms with van der Waals surface area (Å²) in [6, 6.07) is 29.7. The van der Waals surface area contributed by atoms with Gasteiger partial charge in [-0.25, -0.2) is 0 Å². The van der Waals surface area contributed by atoms with Crippen molar-refractivity contribution in [3.05, 3.63) is 113 Å². The van der Waals surface area contributed by atoms with Gasteiger partial charge in [0.15, 0.2) is 5.76 Å². The molecule has 28 heavy (non-hydrogen) atoms.